The molecule has 3 N–H and O–H groups in total. The molecule has 3 amide bonds. The highest BCUT2D eigenvalue weighted by molar-refractivity contribution is 5.96. The zero-order chi connectivity index (χ0) is 17.4. The molecule has 6 nitrogen and oxygen atoms in total. The Morgan fingerprint density at radius 3 is 2.42 bits per heavy atom. The van der Waals surface area contributed by atoms with Crippen molar-refractivity contribution in [1.29, 1.82) is 0 Å². The molecule has 0 radical (unpaired) electrons. The molecule has 126 valence electrons. The molecule has 0 aliphatic rings. The molecule has 0 fully saturated rings. The number of aryl methyl sites for hydroxylation is 1. The summed E-state index contributed by atoms with van der Waals surface area (Å²) in [4.78, 5) is 23.6. The highest BCUT2D eigenvalue weighted by Gasteiger charge is 2.06. The highest BCUT2D eigenvalue weighted by Crippen LogP contribution is 2.15. The van der Waals surface area contributed by atoms with Crippen molar-refractivity contribution in [2.24, 2.45) is 0 Å². The van der Waals surface area contributed by atoms with E-state index >= 15 is 0 Å². The smallest absolute Gasteiger partial charge is 0.319 e. The largest absolute Gasteiger partial charge is 0.494 e. The van der Waals surface area contributed by atoms with Crippen LogP contribution in [0.1, 0.15) is 12.5 Å². The van der Waals surface area contributed by atoms with Crippen LogP contribution in [0.4, 0.5) is 16.2 Å². The average molecular weight is 327 g/mol. The van der Waals surface area contributed by atoms with Gasteiger partial charge in [-0.2, -0.15) is 0 Å². The molecule has 2 aromatic rings. The summed E-state index contributed by atoms with van der Waals surface area (Å²) in [5.41, 5.74) is 2.37. The van der Waals surface area contributed by atoms with Gasteiger partial charge in [-0.1, -0.05) is 12.1 Å². The summed E-state index contributed by atoms with van der Waals surface area (Å²) in [6.45, 7) is 4.31. The van der Waals surface area contributed by atoms with Crippen LogP contribution in [0.25, 0.3) is 0 Å². The molecule has 0 bridgehead atoms. The van der Waals surface area contributed by atoms with Crippen molar-refractivity contribution in [3.05, 3.63) is 54.1 Å². The van der Waals surface area contributed by atoms with Gasteiger partial charge in [0.05, 0.1) is 13.2 Å². The second-order valence-corrected chi connectivity index (χ2v) is 5.18. The van der Waals surface area contributed by atoms with Crippen molar-refractivity contribution in [2.45, 2.75) is 13.8 Å². The Bertz CT molecular complexity index is 699. The van der Waals surface area contributed by atoms with E-state index in [2.05, 4.69) is 16.0 Å². The Morgan fingerprint density at radius 1 is 1.00 bits per heavy atom. The lowest BCUT2D eigenvalue weighted by Crippen LogP contribution is -2.35. The summed E-state index contributed by atoms with van der Waals surface area (Å²) in [6.07, 6.45) is 0. The Labute approximate surface area is 141 Å². The molecule has 24 heavy (non-hydrogen) atoms. The molecule has 0 unspecified atom stereocenters. The van der Waals surface area contributed by atoms with Crippen molar-refractivity contribution in [1.82, 2.24) is 5.32 Å². The second-order valence-electron chi connectivity index (χ2n) is 5.18. The van der Waals surface area contributed by atoms with Crippen LogP contribution >= 0.6 is 0 Å². The van der Waals surface area contributed by atoms with Gasteiger partial charge in [-0.25, -0.2) is 4.79 Å². The number of urea groups is 1. The van der Waals surface area contributed by atoms with E-state index in [1.807, 2.05) is 32.0 Å². The number of carbonyl (C=O) groups is 2. The van der Waals surface area contributed by atoms with Gasteiger partial charge in [0.2, 0.25) is 5.91 Å². The number of carbonyl (C=O) groups excluding carboxylic acids is 2. The van der Waals surface area contributed by atoms with E-state index in [1.54, 1.807) is 30.3 Å². The lowest BCUT2D eigenvalue weighted by Gasteiger charge is -2.09. The monoisotopic (exact) mass is 327 g/mol. The van der Waals surface area contributed by atoms with Crippen LogP contribution in [0, 0.1) is 6.92 Å². The van der Waals surface area contributed by atoms with Gasteiger partial charge in [-0.15, -0.1) is 0 Å². The third-order valence-corrected chi connectivity index (χ3v) is 3.13. The molecule has 2 rings (SSSR count). The Hall–Kier alpha value is -3.02. The van der Waals surface area contributed by atoms with Crippen LogP contribution in [0.15, 0.2) is 48.5 Å². The summed E-state index contributed by atoms with van der Waals surface area (Å²) in [5.74, 6) is 0.435. The summed E-state index contributed by atoms with van der Waals surface area (Å²) in [7, 11) is 0. The number of ether oxygens (including phenoxy) is 1. The second kappa shape index (κ2) is 8.57. The number of anilines is 2. The van der Waals surface area contributed by atoms with Gasteiger partial charge in [-0.3, -0.25) is 4.79 Å². The molecule has 0 saturated heterocycles. The van der Waals surface area contributed by atoms with E-state index in [4.69, 9.17) is 4.74 Å². The van der Waals surface area contributed by atoms with Crippen molar-refractivity contribution in [2.75, 3.05) is 23.8 Å². The minimum Gasteiger partial charge on any atom is -0.494 e. The van der Waals surface area contributed by atoms with Crippen LogP contribution in [0.5, 0.6) is 5.75 Å². The topological polar surface area (TPSA) is 79.5 Å². The van der Waals surface area contributed by atoms with Crippen LogP contribution in [-0.4, -0.2) is 25.1 Å². The Morgan fingerprint density at radius 2 is 1.75 bits per heavy atom. The number of benzene rings is 2. The summed E-state index contributed by atoms with van der Waals surface area (Å²) >= 11 is 0. The van der Waals surface area contributed by atoms with Crippen LogP contribution < -0.4 is 20.7 Å². The SMILES string of the molecule is CCOc1ccc(NC(=O)CNC(=O)Nc2cccc(C)c2)cc1. The Balaban J connectivity index is 1.77. The molecule has 0 aliphatic heterocycles. The van der Waals surface area contributed by atoms with E-state index < -0.39 is 6.03 Å². The highest BCUT2D eigenvalue weighted by atomic mass is 16.5. The molecular formula is C18H21N3O3. The van der Waals surface area contributed by atoms with Crippen molar-refractivity contribution < 1.29 is 14.3 Å². The van der Waals surface area contributed by atoms with Crippen molar-refractivity contribution in [3.63, 3.8) is 0 Å². The maximum atomic E-state index is 11.8. The fourth-order valence-corrected chi connectivity index (χ4v) is 2.07. The van der Waals surface area contributed by atoms with Crippen LogP contribution in [0.2, 0.25) is 0 Å². The Kier molecular flexibility index (Phi) is 6.19. The van der Waals surface area contributed by atoms with E-state index in [1.165, 1.54) is 0 Å². The van der Waals surface area contributed by atoms with E-state index in [-0.39, 0.29) is 12.5 Å². The first-order valence-corrected chi connectivity index (χ1v) is 7.71. The van der Waals surface area contributed by atoms with Gasteiger partial charge in [0, 0.05) is 11.4 Å². The summed E-state index contributed by atoms with van der Waals surface area (Å²) in [6, 6.07) is 14.0. The molecule has 0 heterocycles. The molecule has 0 atom stereocenters. The third kappa shape index (κ3) is 5.64. The maximum absolute atomic E-state index is 11.8. The van der Waals surface area contributed by atoms with Gasteiger partial charge in [0.1, 0.15) is 5.75 Å². The summed E-state index contributed by atoms with van der Waals surface area (Å²) < 4.78 is 5.33. The molecule has 0 aliphatic carbocycles. The van der Waals surface area contributed by atoms with Crippen LogP contribution in [0.3, 0.4) is 0 Å². The van der Waals surface area contributed by atoms with E-state index in [0.717, 1.165) is 11.3 Å². The predicted molar refractivity (Wildman–Crippen MR) is 94.4 cm³/mol. The van der Waals surface area contributed by atoms with Gasteiger partial charge < -0.3 is 20.7 Å². The van der Waals surface area contributed by atoms with Crippen molar-refractivity contribution in [3.8, 4) is 5.75 Å². The zero-order valence-corrected chi connectivity index (χ0v) is 13.8. The molecule has 0 spiro atoms. The van der Waals surface area contributed by atoms with Gasteiger partial charge in [0.15, 0.2) is 0 Å². The first-order chi connectivity index (χ1) is 11.6. The number of nitrogens with one attached hydrogen (secondary N) is 3. The lowest BCUT2D eigenvalue weighted by atomic mass is 10.2. The minimum atomic E-state index is -0.428. The molecule has 0 aromatic heterocycles. The standard InChI is InChI=1S/C18H21N3O3/c1-3-24-16-9-7-14(8-10-16)20-17(22)12-19-18(23)21-15-6-4-5-13(2)11-15/h4-11H,3,12H2,1-2H3,(H,20,22)(H2,19,21,23). The average Bonchev–Trinajstić information content (AvgIpc) is 2.55. The molecular weight excluding hydrogens is 306 g/mol. The number of hydrogen-bond acceptors (Lipinski definition) is 3. The number of amides is 3. The van der Waals surface area contributed by atoms with Gasteiger partial charge in [0.25, 0.3) is 0 Å². The molecule has 6 heteroatoms. The van der Waals surface area contributed by atoms with E-state index in [0.29, 0.717) is 18.0 Å². The first kappa shape index (κ1) is 17.3. The zero-order valence-electron chi connectivity index (χ0n) is 13.8. The maximum Gasteiger partial charge on any atom is 0.319 e. The fourth-order valence-electron chi connectivity index (χ4n) is 2.07. The third-order valence-electron chi connectivity index (χ3n) is 3.13. The van der Waals surface area contributed by atoms with Gasteiger partial charge in [-0.05, 0) is 55.8 Å². The summed E-state index contributed by atoms with van der Waals surface area (Å²) in [5, 5.41) is 7.90. The number of hydrogen-bond donors (Lipinski definition) is 3. The number of rotatable bonds is 6. The molecule has 2 aromatic carbocycles. The normalized spacial score (nSPS) is 9.92. The van der Waals surface area contributed by atoms with Crippen LogP contribution in [-0.2, 0) is 4.79 Å². The fraction of sp³-hybridized carbons (Fsp3) is 0.222. The van der Waals surface area contributed by atoms with E-state index in [9.17, 15) is 9.59 Å². The lowest BCUT2D eigenvalue weighted by molar-refractivity contribution is -0.115. The van der Waals surface area contributed by atoms with Gasteiger partial charge >= 0.3 is 6.03 Å². The van der Waals surface area contributed by atoms with Crippen molar-refractivity contribution >= 4 is 23.3 Å². The molecule has 0 saturated carbocycles. The minimum absolute atomic E-state index is 0.120. The quantitative estimate of drug-likeness (QED) is 0.762. The predicted octanol–water partition coefficient (Wildman–Crippen LogP) is 3.15. The first-order valence-electron chi connectivity index (χ1n) is 7.71.